The molecule has 2 rings (SSSR count). The molecule has 0 heterocycles. The van der Waals surface area contributed by atoms with Gasteiger partial charge in [-0.1, -0.05) is 36.4 Å². The first-order valence-electron chi connectivity index (χ1n) is 5.67. The molecule has 0 amide bonds. The van der Waals surface area contributed by atoms with E-state index in [4.69, 9.17) is 17.0 Å². The van der Waals surface area contributed by atoms with Crippen molar-refractivity contribution in [2.75, 3.05) is 4.90 Å². The Balaban J connectivity index is 2.26. The number of halogens is 3. The molecule has 0 N–H and O–H groups in total. The van der Waals surface area contributed by atoms with E-state index in [-0.39, 0.29) is 16.3 Å². The maximum atomic E-state index is 13.1. The standard InChI is InChI=1S/C14H10F3NOS/c15-14(16,17)18(11-7-3-1-4-8-11)13(20)19-12-9-5-2-6-10-12/h1-10H. The highest BCUT2D eigenvalue weighted by molar-refractivity contribution is 7.80. The average Bonchev–Trinajstić information content (AvgIpc) is 2.39. The number of alkyl halides is 3. The summed E-state index contributed by atoms with van der Waals surface area (Å²) in [4.78, 5) is 0.0231. The SMILES string of the molecule is FC(F)(F)N(C(=S)Oc1ccccc1)c1ccccc1. The molecule has 0 saturated heterocycles. The summed E-state index contributed by atoms with van der Waals surface area (Å²) in [6.07, 6.45) is -4.66. The lowest BCUT2D eigenvalue weighted by atomic mass is 10.3. The molecule has 0 saturated carbocycles. The Bertz CT molecular complexity index is 572. The van der Waals surface area contributed by atoms with E-state index < -0.39 is 11.5 Å². The Kier molecular flexibility index (Phi) is 4.24. The van der Waals surface area contributed by atoms with Gasteiger partial charge in [0.15, 0.2) is 0 Å². The van der Waals surface area contributed by atoms with Crippen molar-refractivity contribution >= 4 is 23.1 Å². The highest BCUT2D eigenvalue weighted by atomic mass is 32.1. The van der Waals surface area contributed by atoms with Gasteiger partial charge in [0.2, 0.25) is 0 Å². The van der Waals surface area contributed by atoms with E-state index in [2.05, 4.69) is 0 Å². The van der Waals surface area contributed by atoms with E-state index in [9.17, 15) is 13.2 Å². The van der Waals surface area contributed by atoms with E-state index in [1.807, 2.05) is 0 Å². The molecular weight excluding hydrogens is 287 g/mol. The minimum absolute atomic E-state index is 0.0231. The predicted octanol–water partition coefficient (Wildman–Crippen LogP) is 4.38. The quantitative estimate of drug-likeness (QED) is 0.603. The van der Waals surface area contributed by atoms with Gasteiger partial charge in [-0.25, -0.2) is 4.90 Å². The van der Waals surface area contributed by atoms with Gasteiger partial charge in [-0.05, 0) is 36.5 Å². The van der Waals surface area contributed by atoms with Crippen LogP contribution in [0.15, 0.2) is 60.7 Å². The van der Waals surface area contributed by atoms with E-state index in [0.717, 1.165) is 0 Å². The zero-order chi connectivity index (χ0) is 14.6. The van der Waals surface area contributed by atoms with Crippen LogP contribution in [0.1, 0.15) is 0 Å². The molecule has 0 bridgehead atoms. The highest BCUT2D eigenvalue weighted by Gasteiger charge is 2.41. The van der Waals surface area contributed by atoms with Crippen molar-refractivity contribution in [3.8, 4) is 5.75 Å². The van der Waals surface area contributed by atoms with Crippen LogP contribution >= 0.6 is 12.2 Å². The van der Waals surface area contributed by atoms with Crippen LogP contribution in [0.2, 0.25) is 0 Å². The van der Waals surface area contributed by atoms with Crippen molar-refractivity contribution < 1.29 is 17.9 Å². The first-order valence-corrected chi connectivity index (χ1v) is 6.08. The molecule has 0 atom stereocenters. The molecule has 2 aromatic carbocycles. The maximum Gasteiger partial charge on any atom is 0.492 e. The molecule has 20 heavy (non-hydrogen) atoms. The Hall–Kier alpha value is -2.08. The molecule has 0 radical (unpaired) electrons. The number of anilines is 1. The van der Waals surface area contributed by atoms with Gasteiger partial charge in [-0.2, -0.15) is 0 Å². The van der Waals surface area contributed by atoms with E-state index in [1.54, 1.807) is 24.3 Å². The average molecular weight is 297 g/mol. The number of hydrogen-bond donors (Lipinski definition) is 0. The van der Waals surface area contributed by atoms with Crippen LogP contribution in [-0.4, -0.2) is 11.5 Å². The largest absolute Gasteiger partial charge is 0.492 e. The van der Waals surface area contributed by atoms with Crippen molar-refractivity contribution in [2.45, 2.75) is 6.30 Å². The van der Waals surface area contributed by atoms with E-state index >= 15 is 0 Å². The monoisotopic (exact) mass is 297 g/mol. The Morgan fingerprint density at radius 2 is 1.40 bits per heavy atom. The Labute approximate surface area is 119 Å². The first-order chi connectivity index (χ1) is 9.48. The molecule has 104 valence electrons. The first kappa shape index (κ1) is 14.3. The van der Waals surface area contributed by atoms with Gasteiger partial charge < -0.3 is 4.74 Å². The summed E-state index contributed by atoms with van der Waals surface area (Å²) in [5, 5.41) is -0.671. The number of rotatable bonds is 2. The zero-order valence-electron chi connectivity index (χ0n) is 10.2. The molecule has 0 fully saturated rings. The summed E-state index contributed by atoms with van der Waals surface area (Å²) in [5.41, 5.74) is -0.0964. The second-order valence-electron chi connectivity index (χ2n) is 3.82. The third kappa shape index (κ3) is 3.48. The molecule has 0 aliphatic heterocycles. The van der Waals surface area contributed by atoms with Crippen LogP contribution in [0, 0.1) is 0 Å². The summed E-state index contributed by atoms with van der Waals surface area (Å²) in [6.45, 7) is 0. The van der Waals surface area contributed by atoms with Crippen LogP contribution in [0.3, 0.4) is 0 Å². The van der Waals surface area contributed by atoms with Gasteiger partial charge in [-0.3, -0.25) is 0 Å². The lowest BCUT2D eigenvalue weighted by molar-refractivity contribution is -0.119. The minimum Gasteiger partial charge on any atom is -0.431 e. The second-order valence-corrected chi connectivity index (χ2v) is 4.17. The van der Waals surface area contributed by atoms with Crippen molar-refractivity contribution in [1.29, 1.82) is 0 Å². The van der Waals surface area contributed by atoms with Gasteiger partial charge >= 0.3 is 6.30 Å². The smallest absolute Gasteiger partial charge is 0.431 e. The van der Waals surface area contributed by atoms with Crippen molar-refractivity contribution in [3.05, 3.63) is 60.7 Å². The molecule has 0 aliphatic carbocycles. The van der Waals surface area contributed by atoms with Crippen LogP contribution in [0.4, 0.5) is 18.9 Å². The van der Waals surface area contributed by atoms with Crippen LogP contribution in [-0.2, 0) is 0 Å². The number of para-hydroxylation sites is 2. The lowest BCUT2D eigenvalue weighted by Gasteiger charge is -2.26. The summed E-state index contributed by atoms with van der Waals surface area (Å²) < 4.78 is 44.4. The molecule has 0 spiro atoms. The minimum atomic E-state index is -4.66. The Morgan fingerprint density at radius 3 is 1.90 bits per heavy atom. The molecule has 2 aromatic rings. The highest BCUT2D eigenvalue weighted by Crippen LogP contribution is 2.29. The topological polar surface area (TPSA) is 12.5 Å². The summed E-state index contributed by atoms with van der Waals surface area (Å²) in [5.74, 6) is 0.252. The van der Waals surface area contributed by atoms with Crippen LogP contribution < -0.4 is 9.64 Å². The van der Waals surface area contributed by atoms with Gasteiger partial charge in [0.25, 0.3) is 5.17 Å². The fourth-order valence-electron chi connectivity index (χ4n) is 1.57. The number of benzene rings is 2. The summed E-state index contributed by atoms with van der Waals surface area (Å²) in [7, 11) is 0. The van der Waals surface area contributed by atoms with Gasteiger partial charge in [0.1, 0.15) is 5.75 Å². The van der Waals surface area contributed by atoms with Gasteiger partial charge in [0, 0.05) is 0 Å². The number of hydrogen-bond acceptors (Lipinski definition) is 2. The van der Waals surface area contributed by atoms with Crippen molar-refractivity contribution in [1.82, 2.24) is 0 Å². The molecule has 0 unspecified atom stereocenters. The zero-order valence-corrected chi connectivity index (χ0v) is 11.0. The fourth-order valence-corrected chi connectivity index (χ4v) is 1.87. The third-order valence-corrected chi connectivity index (χ3v) is 2.66. The van der Waals surface area contributed by atoms with Crippen molar-refractivity contribution in [3.63, 3.8) is 0 Å². The maximum absolute atomic E-state index is 13.1. The molecule has 0 aromatic heterocycles. The second kappa shape index (κ2) is 5.92. The molecule has 2 nitrogen and oxygen atoms in total. The van der Waals surface area contributed by atoms with Crippen LogP contribution in [0.5, 0.6) is 5.75 Å². The lowest BCUT2D eigenvalue weighted by Crippen LogP contribution is -2.44. The van der Waals surface area contributed by atoms with Gasteiger partial charge in [-0.15, -0.1) is 13.2 Å². The van der Waals surface area contributed by atoms with E-state index in [0.29, 0.717) is 0 Å². The number of thiocarbonyl (C=S) groups is 1. The third-order valence-electron chi connectivity index (χ3n) is 2.40. The van der Waals surface area contributed by atoms with Crippen LogP contribution in [0.25, 0.3) is 0 Å². The fraction of sp³-hybridized carbons (Fsp3) is 0.0714. The van der Waals surface area contributed by atoms with Crippen molar-refractivity contribution in [2.24, 2.45) is 0 Å². The summed E-state index contributed by atoms with van der Waals surface area (Å²) >= 11 is 4.77. The number of nitrogens with zero attached hydrogens (tertiary/aromatic N) is 1. The molecular formula is C14H10F3NOS. The molecule has 0 aliphatic rings. The predicted molar refractivity (Wildman–Crippen MR) is 74.6 cm³/mol. The molecule has 6 heteroatoms. The normalized spacial score (nSPS) is 10.9. The number of ether oxygens (including phenoxy) is 1. The Morgan fingerprint density at radius 1 is 0.900 bits per heavy atom. The summed E-state index contributed by atoms with van der Waals surface area (Å²) in [6, 6.07) is 15.4. The van der Waals surface area contributed by atoms with Gasteiger partial charge in [0.05, 0.1) is 5.69 Å². The van der Waals surface area contributed by atoms with E-state index in [1.165, 1.54) is 36.4 Å².